The van der Waals surface area contributed by atoms with E-state index in [0.29, 0.717) is 12.8 Å². The fourth-order valence-electron chi connectivity index (χ4n) is 4.07. The molecule has 3 N–H and O–H groups in total. The molecule has 0 bridgehead atoms. The lowest BCUT2D eigenvalue weighted by Gasteiger charge is -2.21. The lowest BCUT2D eigenvalue weighted by molar-refractivity contribution is -0.122. The van der Waals surface area contributed by atoms with Crippen LogP contribution in [0.25, 0.3) is 0 Å². The van der Waals surface area contributed by atoms with Crippen molar-refractivity contribution in [2.24, 2.45) is 0 Å². The van der Waals surface area contributed by atoms with Crippen LogP contribution in [-0.4, -0.2) is 41.9 Å². The van der Waals surface area contributed by atoms with Crippen LogP contribution >= 0.6 is 0 Å². The smallest absolute Gasteiger partial charge is 0.267 e. The van der Waals surface area contributed by atoms with E-state index in [0.717, 1.165) is 51.4 Å². The molecule has 0 spiro atoms. The van der Waals surface area contributed by atoms with Gasteiger partial charge in [-0.25, -0.2) is 0 Å². The fraction of sp³-hybridized carbons (Fsp3) is 0.710. The van der Waals surface area contributed by atoms with Gasteiger partial charge in [0, 0.05) is 6.42 Å². The van der Waals surface area contributed by atoms with Crippen LogP contribution in [0.5, 0.6) is 0 Å². The van der Waals surface area contributed by atoms with E-state index in [-0.39, 0.29) is 12.3 Å². The van der Waals surface area contributed by atoms with Crippen LogP contribution in [0.2, 0.25) is 0 Å². The summed E-state index contributed by atoms with van der Waals surface area (Å²) < 4.78 is 32.1. The molecule has 0 aromatic heterocycles. The van der Waals surface area contributed by atoms with E-state index in [4.69, 9.17) is 0 Å². The first-order valence-electron chi connectivity index (χ1n) is 14.8. The Labute approximate surface area is 233 Å². The van der Waals surface area contributed by atoms with Gasteiger partial charge in [-0.3, -0.25) is 9.35 Å². The summed E-state index contributed by atoms with van der Waals surface area (Å²) in [5.41, 5.74) is 0. The summed E-state index contributed by atoms with van der Waals surface area (Å²) >= 11 is 0. The molecular formula is C31H55NO5S. The van der Waals surface area contributed by atoms with Gasteiger partial charge in [0.15, 0.2) is 0 Å². The van der Waals surface area contributed by atoms with E-state index < -0.39 is 28.0 Å². The highest BCUT2D eigenvalue weighted by atomic mass is 32.2. The van der Waals surface area contributed by atoms with Crippen molar-refractivity contribution in [3.05, 3.63) is 48.6 Å². The summed E-state index contributed by atoms with van der Waals surface area (Å²) in [7, 11) is -4.34. The monoisotopic (exact) mass is 553 g/mol. The molecule has 0 aliphatic carbocycles. The molecule has 0 rings (SSSR count). The second-order valence-corrected chi connectivity index (χ2v) is 11.5. The van der Waals surface area contributed by atoms with Gasteiger partial charge < -0.3 is 10.4 Å². The van der Waals surface area contributed by atoms with Crippen LogP contribution < -0.4 is 5.32 Å². The van der Waals surface area contributed by atoms with Crippen molar-refractivity contribution in [2.75, 3.05) is 5.75 Å². The first-order chi connectivity index (χ1) is 18.3. The van der Waals surface area contributed by atoms with E-state index >= 15 is 0 Å². The van der Waals surface area contributed by atoms with Crippen molar-refractivity contribution >= 4 is 16.0 Å². The summed E-state index contributed by atoms with van der Waals surface area (Å²) in [6.45, 7) is 4.23. The predicted molar refractivity (Wildman–Crippen MR) is 161 cm³/mol. The van der Waals surface area contributed by atoms with Crippen molar-refractivity contribution in [1.82, 2.24) is 5.32 Å². The SMILES string of the molecule is C/C=C/CC/C=C/CC/C=C/C(O)C(CS(=O)(=O)O)NC(=O)CCCCCCC/C=C\CCCCCCC. The standard InChI is InChI=1S/C31H55NO5S/c1-3-5-7-9-11-13-14-15-16-17-19-21-23-25-27-31(34)32-29(28-38(35,36)37)30(33)26-24-22-20-18-12-10-8-6-4-2/h4,6,12,14-15,18,24,26,29-30,33H,3,5,7-11,13,16-17,19-23,25,27-28H2,1-2H3,(H,32,34)(H,35,36,37)/b6-4+,15-14-,18-12+,26-24+. The Morgan fingerprint density at radius 3 is 1.82 bits per heavy atom. The Morgan fingerprint density at radius 2 is 1.24 bits per heavy atom. The molecule has 0 fully saturated rings. The topological polar surface area (TPSA) is 104 Å². The average molecular weight is 554 g/mol. The van der Waals surface area contributed by atoms with Gasteiger partial charge in [0.2, 0.25) is 5.91 Å². The molecule has 0 aliphatic heterocycles. The molecule has 0 saturated carbocycles. The lowest BCUT2D eigenvalue weighted by Crippen LogP contribution is -2.46. The van der Waals surface area contributed by atoms with Crippen molar-refractivity contribution in [1.29, 1.82) is 0 Å². The maximum absolute atomic E-state index is 12.3. The van der Waals surface area contributed by atoms with E-state index in [1.54, 1.807) is 6.08 Å². The highest BCUT2D eigenvalue weighted by Crippen LogP contribution is 2.10. The number of carbonyl (C=O) groups is 1. The number of unbranched alkanes of at least 4 members (excludes halogenated alkanes) is 12. The number of carbonyl (C=O) groups excluding carboxylic acids is 1. The van der Waals surface area contributed by atoms with Gasteiger partial charge >= 0.3 is 0 Å². The minimum atomic E-state index is -4.34. The lowest BCUT2D eigenvalue weighted by atomic mass is 10.1. The number of allylic oxidation sites excluding steroid dienone is 7. The Hall–Kier alpha value is -1.70. The van der Waals surface area contributed by atoms with Gasteiger partial charge in [-0.15, -0.1) is 0 Å². The van der Waals surface area contributed by atoms with Crippen LogP contribution in [0.3, 0.4) is 0 Å². The van der Waals surface area contributed by atoms with Gasteiger partial charge in [-0.05, 0) is 64.7 Å². The van der Waals surface area contributed by atoms with Crippen molar-refractivity contribution < 1.29 is 22.9 Å². The van der Waals surface area contributed by atoms with E-state index in [1.807, 2.05) is 13.0 Å². The third-order valence-electron chi connectivity index (χ3n) is 6.30. The summed E-state index contributed by atoms with van der Waals surface area (Å²) in [4.78, 5) is 12.3. The van der Waals surface area contributed by atoms with E-state index in [2.05, 4.69) is 42.6 Å². The zero-order valence-corrected chi connectivity index (χ0v) is 24.8. The maximum Gasteiger partial charge on any atom is 0.267 e. The van der Waals surface area contributed by atoms with Crippen molar-refractivity contribution in [3.63, 3.8) is 0 Å². The largest absolute Gasteiger partial charge is 0.387 e. The summed E-state index contributed by atoms with van der Waals surface area (Å²) in [5, 5.41) is 13.0. The van der Waals surface area contributed by atoms with Gasteiger partial charge in [0.25, 0.3) is 10.1 Å². The van der Waals surface area contributed by atoms with Crippen molar-refractivity contribution in [2.45, 2.75) is 135 Å². The molecule has 0 heterocycles. The van der Waals surface area contributed by atoms with Gasteiger partial charge in [-0.2, -0.15) is 8.42 Å². The highest BCUT2D eigenvalue weighted by Gasteiger charge is 2.24. The number of rotatable bonds is 25. The Kier molecular flexibility index (Phi) is 24.4. The predicted octanol–water partition coefficient (Wildman–Crippen LogP) is 7.62. The first-order valence-corrected chi connectivity index (χ1v) is 16.4. The highest BCUT2D eigenvalue weighted by molar-refractivity contribution is 7.85. The molecule has 0 aliphatic rings. The normalized spacial score (nSPS) is 14.3. The molecule has 220 valence electrons. The van der Waals surface area contributed by atoms with Crippen LogP contribution in [0.1, 0.15) is 123 Å². The molecule has 1 amide bonds. The molecule has 0 radical (unpaired) electrons. The summed E-state index contributed by atoms with van der Waals surface area (Å²) in [5.74, 6) is -1.03. The van der Waals surface area contributed by atoms with Crippen LogP contribution in [-0.2, 0) is 14.9 Å². The number of nitrogens with one attached hydrogen (secondary N) is 1. The molecule has 0 aromatic carbocycles. The third-order valence-corrected chi connectivity index (χ3v) is 7.08. The molecular weight excluding hydrogens is 498 g/mol. The minimum Gasteiger partial charge on any atom is -0.387 e. The number of hydrogen-bond donors (Lipinski definition) is 3. The van der Waals surface area contributed by atoms with Crippen LogP contribution in [0, 0.1) is 0 Å². The fourth-order valence-corrected chi connectivity index (χ4v) is 4.80. The molecule has 0 aromatic rings. The van der Waals surface area contributed by atoms with Gasteiger partial charge in [-0.1, -0.05) is 100 Å². The Morgan fingerprint density at radius 1 is 0.737 bits per heavy atom. The minimum absolute atomic E-state index is 0.272. The third kappa shape index (κ3) is 25.9. The van der Waals surface area contributed by atoms with E-state index in [9.17, 15) is 22.9 Å². The molecule has 2 unspecified atom stereocenters. The van der Waals surface area contributed by atoms with Crippen LogP contribution in [0.15, 0.2) is 48.6 Å². The zero-order valence-electron chi connectivity index (χ0n) is 24.0. The Bertz CT molecular complexity index is 786. The average Bonchev–Trinajstić information content (AvgIpc) is 2.86. The van der Waals surface area contributed by atoms with Gasteiger partial charge in [0.1, 0.15) is 0 Å². The molecule has 2 atom stereocenters. The number of aliphatic hydroxyl groups excluding tert-OH is 1. The second-order valence-electron chi connectivity index (χ2n) is 10.0. The number of hydrogen-bond acceptors (Lipinski definition) is 4. The van der Waals surface area contributed by atoms with Gasteiger partial charge in [0.05, 0.1) is 17.9 Å². The van der Waals surface area contributed by atoms with E-state index in [1.165, 1.54) is 44.6 Å². The quantitative estimate of drug-likeness (QED) is 0.0613. The molecule has 0 saturated heterocycles. The van der Waals surface area contributed by atoms with Crippen LogP contribution in [0.4, 0.5) is 0 Å². The zero-order chi connectivity index (χ0) is 28.3. The summed E-state index contributed by atoms with van der Waals surface area (Å²) in [6.07, 6.45) is 32.6. The molecule has 7 heteroatoms. The molecule has 38 heavy (non-hydrogen) atoms. The summed E-state index contributed by atoms with van der Waals surface area (Å²) in [6, 6.07) is -1.08. The second kappa shape index (κ2) is 25.6. The molecule has 6 nitrogen and oxygen atoms in total. The van der Waals surface area contributed by atoms with Crippen molar-refractivity contribution in [3.8, 4) is 0 Å². The first kappa shape index (κ1) is 36.3. The Balaban J connectivity index is 4.15. The maximum atomic E-state index is 12.3. The number of aliphatic hydroxyl groups is 1. The number of amides is 1.